The fourth-order valence-electron chi connectivity index (χ4n) is 0.363. The summed E-state index contributed by atoms with van der Waals surface area (Å²) in [7, 11) is 1.49. The molecule has 1 unspecified atom stereocenters. The first-order valence-corrected chi connectivity index (χ1v) is 2.64. The number of carboxylic acid groups (broad SMARTS) is 1. The Labute approximate surface area is 89.7 Å². The molecule has 0 aliphatic carbocycles. The standard InChI is InChI=1S/C5H11NO3.Ca/c1-9-3-2-4(6)5(7)8;/h4H,2-3,6H2,1H3,(H,7,8);/q;+2/p-1. The van der Waals surface area contributed by atoms with E-state index in [1.807, 2.05) is 0 Å². The van der Waals surface area contributed by atoms with Crippen LogP contribution in [0.2, 0.25) is 0 Å². The average Bonchev–Trinajstić information content (AvgIpc) is 1.82. The normalized spacial score (nSPS) is 11.8. The van der Waals surface area contributed by atoms with Gasteiger partial charge in [-0.2, -0.15) is 0 Å². The molecule has 0 spiro atoms. The topological polar surface area (TPSA) is 75.4 Å². The van der Waals surface area contributed by atoms with Crippen LogP contribution < -0.4 is 10.8 Å². The number of rotatable bonds is 4. The van der Waals surface area contributed by atoms with Gasteiger partial charge in [-0.25, -0.2) is 0 Å². The Bertz CT molecular complexity index is 98.9. The van der Waals surface area contributed by atoms with Crippen LogP contribution in [0.3, 0.4) is 0 Å². The van der Waals surface area contributed by atoms with E-state index >= 15 is 0 Å². The maximum atomic E-state index is 9.91. The molecule has 2 N–H and O–H groups in total. The zero-order valence-corrected chi connectivity index (χ0v) is 8.21. The molecule has 0 aromatic heterocycles. The summed E-state index contributed by atoms with van der Waals surface area (Å²) in [5.74, 6) is -1.23. The fraction of sp³-hybridized carbons (Fsp3) is 0.800. The van der Waals surface area contributed by atoms with E-state index in [2.05, 4.69) is 4.74 Å². The number of hydrogen-bond donors (Lipinski definition) is 1. The first kappa shape index (κ1) is 13.3. The molecule has 0 aliphatic rings. The first-order valence-electron chi connectivity index (χ1n) is 2.64. The number of ether oxygens (including phenoxy) is 1. The van der Waals surface area contributed by atoms with Gasteiger partial charge in [0, 0.05) is 19.8 Å². The van der Waals surface area contributed by atoms with Crippen molar-refractivity contribution >= 4 is 43.7 Å². The number of carbonyl (C=O) groups is 1. The van der Waals surface area contributed by atoms with E-state index in [-0.39, 0.29) is 37.7 Å². The molecule has 0 amide bonds. The molecule has 0 heterocycles. The number of hydrogen-bond acceptors (Lipinski definition) is 4. The van der Waals surface area contributed by atoms with E-state index in [1.54, 1.807) is 0 Å². The summed E-state index contributed by atoms with van der Waals surface area (Å²) in [6.45, 7) is 0.356. The Morgan fingerprint density at radius 2 is 2.30 bits per heavy atom. The van der Waals surface area contributed by atoms with Gasteiger partial charge in [0.15, 0.2) is 0 Å². The molecule has 0 aliphatic heterocycles. The second-order valence-corrected chi connectivity index (χ2v) is 1.71. The number of aliphatic carboxylic acids is 1. The maximum absolute atomic E-state index is 9.91. The molecule has 1 atom stereocenters. The monoisotopic (exact) mass is 172 g/mol. The van der Waals surface area contributed by atoms with Gasteiger partial charge in [-0.05, 0) is 6.42 Å². The Kier molecular flexibility index (Phi) is 10.3. The van der Waals surface area contributed by atoms with Gasteiger partial charge in [-0.1, -0.05) is 0 Å². The predicted octanol–water partition coefficient (Wildman–Crippen LogP) is -2.28. The quantitative estimate of drug-likeness (QED) is 0.485. The molecule has 4 nitrogen and oxygen atoms in total. The van der Waals surface area contributed by atoms with Gasteiger partial charge in [-0.3, -0.25) is 0 Å². The summed E-state index contributed by atoms with van der Waals surface area (Å²) in [4.78, 5) is 9.91. The molecule has 0 aromatic rings. The molecule has 10 heavy (non-hydrogen) atoms. The Balaban J connectivity index is 0. The zero-order chi connectivity index (χ0) is 7.28. The predicted molar refractivity (Wildman–Crippen MR) is 35.2 cm³/mol. The van der Waals surface area contributed by atoms with Crippen LogP contribution in [-0.2, 0) is 9.53 Å². The third-order valence-corrected chi connectivity index (χ3v) is 0.936. The number of carboxylic acids is 1. The summed E-state index contributed by atoms with van der Waals surface area (Å²) in [6, 6.07) is -0.898. The maximum Gasteiger partial charge on any atom is 2.00 e. The van der Waals surface area contributed by atoms with Crippen LogP contribution in [-0.4, -0.2) is 63.5 Å². The van der Waals surface area contributed by atoms with E-state index in [1.165, 1.54) is 7.11 Å². The Morgan fingerprint density at radius 3 is 2.60 bits per heavy atom. The summed E-state index contributed by atoms with van der Waals surface area (Å²) in [5, 5.41) is 9.91. The second kappa shape index (κ2) is 7.75. The number of nitrogens with two attached hydrogens (primary N) is 1. The molecule has 0 saturated heterocycles. The number of methoxy groups -OCH3 is 1. The minimum absolute atomic E-state index is 0. The van der Waals surface area contributed by atoms with Gasteiger partial charge < -0.3 is 20.4 Å². The summed E-state index contributed by atoms with van der Waals surface area (Å²) in [6.07, 6.45) is 0.304. The van der Waals surface area contributed by atoms with Gasteiger partial charge in [0.2, 0.25) is 0 Å². The molecular weight excluding hydrogens is 162 g/mol. The summed E-state index contributed by atoms with van der Waals surface area (Å²) >= 11 is 0. The zero-order valence-electron chi connectivity index (χ0n) is 6.00. The van der Waals surface area contributed by atoms with Crippen molar-refractivity contribution < 1.29 is 14.6 Å². The van der Waals surface area contributed by atoms with Crippen LogP contribution in [0.4, 0.5) is 0 Å². The van der Waals surface area contributed by atoms with Gasteiger partial charge in [0.25, 0.3) is 0 Å². The molecule has 54 valence electrons. The Morgan fingerprint density at radius 1 is 1.80 bits per heavy atom. The van der Waals surface area contributed by atoms with Crippen molar-refractivity contribution in [2.24, 2.45) is 5.73 Å². The molecule has 0 saturated carbocycles. The first-order chi connectivity index (χ1) is 4.18. The van der Waals surface area contributed by atoms with Crippen LogP contribution in [0.5, 0.6) is 0 Å². The second-order valence-electron chi connectivity index (χ2n) is 1.71. The van der Waals surface area contributed by atoms with E-state index in [4.69, 9.17) is 5.73 Å². The van der Waals surface area contributed by atoms with Gasteiger partial charge in [0.05, 0.1) is 5.97 Å². The molecule has 0 aromatic carbocycles. The van der Waals surface area contributed by atoms with Crippen molar-refractivity contribution in [3.8, 4) is 0 Å². The largest absolute Gasteiger partial charge is 2.00 e. The van der Waals surface area contributed by atoms with Crippen LogP contribution in [0.1, 0.15) is 6.42 Å². The third kappa shape index (κ3) is 6.77. The summed E-state index contributed by atoms with van der Waals surface area (Å²) in [5.41, 5.74) is 5.06. The van der Waals surface area contributed by atoms with Gasteiger partial charge in [0.1, 0.15) is 0 Å². The van der Waals surface area contributed by atoms with E-state index < -0.39 is 12.0 Å². The van der Waals surface area contributed by atoms with E-state index in [9.17, 15) is 9.90 Å². The van der Waals surface area contributed by atoms with Crippen LogP contribution in [0.25, 0.3) is 0 Å². The molecule has 0 fully saturated rings. The minimum atomic E-state index is -1.23. The van der Waals surface area contributed by atoms with Gasteiger partial charge in [-0.15, -0.1) is 0 Å². The minimum Gasteiger partial charge on any atom is -0.548 e. The van der Waals surface area contributed by atoms with Crippen molar-refractivity contribution in [1.82, 2.24) is 0 Å². The van der Waals surface area contributed by atoms with Crippen LogP contribution in [0.15, 0.2) is 0 Å². The van der Waals surface area contributed by atoms with Crippen molar-refractivity contribution in [2.45, 2.75) is 12.5 Å². The molecule has 0 radical (unpaired) electrons. The van der Waals surface area contributed by atoms with Crippen molar-refractivity contribution in [2.75, 3.05) is 13.7 Å². The molecular formula is C5H10CaNO3+. The van der Waals surface area contributed by atoms with E-state index in [0.717, 1.165) is 0 Å². The van der Waals surface area contributed by atoms with Crippen molar-refractivity contribution in [3.63, 3.8) is 0 Å². The third-order valence-electron chi connectivity index (χ3n) is 0.936. The van der Waals surface area contributed by atoms with Crippen LogP contribution >= 0.6 is 0 Å². The van der Waals surface area contributed by atoms with Crippen molar-refractivity contribution in [1.29, 1.82) is 0 Å². The average molecular weight is 172 g/mol. The van der Waals surface area contributed by atoms with E-state index in [0.29, 0.717) is 13.0 Å². The molecule has 5 heteroatoms. The van der Waals surface area contributed by atoms with Crippen molar-refractivity contribution in [3.05, 3.63) is 0 Å². The van der Waals surface area contributed by atoms with Gasteiger partial charge >= 0.3 is 37.7 Å². The molecule has 0 rings (SSSR count). The SMILES string of the molecule is COCCC(N)C(=O)[O-].[Ca+2]. The summed E-state index contributed by atoms with van der Waals surface area (Å²) < 4.78 is 4.59. The molecule has 0 bridgehead atoms. The fourth-order valence-corrected chi connectivity index (χ4v) is 0.363. The Hall–Kier alpha value is 0.650. The number of carbonyl (C=O) groups excluding carboxylic acids is 1. The smallest absolute Gasteiger partial charge is 0.548 e. The van der Waals surface area contributed by atoms with Crippen LogP contribution in [0, 0.1) is 0 Å².